The summed E-state index contributed by atoms with van der Waals surface area (Å²) in [6, 6.07) is 0. The van der Waals surface area contributed by atoms with Gasteiger partial charge in [-0.25, -0.2) is 4.79 Å². The third kappa shape index (κ3) is 7.27. The van der Waals surface area contributed by atoms with Crippen LogP contribution in [0, 0.1) is 0 Å². The summed E-state index contributed by atoms with van der Waals surface area (Å²) in [5, 5.41) is 0. The average Bonchev–Trinajstić information content (AvgIpc) is 2.08. The Morgan fingerprint density at radius 1 is 1.19 bits per heavy atom. The maximum Gasteiger partial charge on any atom is 0.331 e. The second-order valence-corrected chi connectivity index (χ2v) is 5.14. The van der Waals surface area contributed by atoms with Crippen molar-refractivity contribution in [1.29, 1.82) is 0 Å². The Balaban J connectivity index is 4.47. The van der Waals surface area contributed by atoms with Gasteiger partial charge in [0, 0.05) is 6.08 Å². The lowest BCUT2D eigenvalue weighted by Crippen LogP contribution is -2.22. The van der Waals surface area contributed by atoms with Crippen molar-refractivity contribution in [1.82, 2.24) is 0 Å². The van der Waals surface area contributed by atoms with Gasteiger partial charge in [0.25, 0.3) is 0 Å². The van der Waals surface area contributed by atoms with Gasteiger partial charge in [-0.3, -0.25) is 0 Å². The summed E-state index contributed by atoms with van der Waals surface area (Å²) in [7, 11) is 0. The standard InChI is InChI=1S/C14H24O2/c1-7-8-12(11(2)3)9-10-13(15)16-14(4,5)6/h9-10H,7-8H2,1-6H3. The summed E-state index contributed by atoms with van der Waals surface area (Å²) >= 11 is 0. The van der Waals surface area contributed by atoms with Crippen LogP contribution in [-0.2, 0) is 9.53 Å². The fourth-order valence-electron chi connectivity index (χ4n) is 1.27. The van der Waals surface area contributed by atoms with Crippen LogP contribution in [0.1, 0.15) is 54.4 Å². The molecule has 0 aliphatic heterocycles. The lowest BCUT2D eigenvalue weighted by atomic mass is 10.1. The Morgan fingerprint density at radius 3 is 2.12 bits per heavy atom. The second kappa shape index (κ2) is 6.51. The maximum atomic E-state index is 11.5. The molecule has 0 saturated carbocycles. The molecule has 0 bridgehead atoms. The quantitative estimate of drug-likeness (QED) is 0.409. The highest BCUT2D eigenvalue weighted by Gasteiger charge is 2.13. The van der Waals surface area contributed by atoms with E-state index in [2.05, 4.69) is 20.8 Å². The highest BCUT2D eigenvalue weighted by Crippen LogP contribution is 2.13. The van der Waals surface area contributed by atoms with E-state index in [4.69, 9.17) is 4.74 Å². The molecule has 0 amide bonds. The van der Waals surface area contributed by atoms with E-state index in [0.717, 1.165) is 12.8 Å². The van der Waals surface area contributed by atoms with Gasteiger partial charge < -0.3 is 4.74 Å². The SMILES string of the molecule is CCCC(C=CC(=O)OC(C)(C)C)=C(C)C. The monoisotopic (exact) mass is 224 g/mol. The molecular weight excluding hydrogens is 200 g/mol. The predicted octanol–water partition coefficient (Wildman–Crippen LogP) is 4.02. The fraction of sp³-hybridized carbons (Fsp3) is 0.643. The molecule has 0 heterocycles. The molecule has 16 heavy (non-hydrogen) atoms. The summed E-state index contributed by atoms with van der Waals surface area (Å²) in [6.45, 7) is 11.9. The van der Waals surface area contributed by atoms with E-state index in [9.17, 15) is 4.79 Å². The van der Waals surface area contributed by atoms with Crippen molar-refractivity contribution >= 4 is 5.97 Å². The van der Waals surface area contributed by atoms with Crippen LogP contribution in [0.2, 0.25) is 0 Å². The third-order valence-corrected chi connectivity index (χ3v) is 1.99. The van der Waals surface area contributed by atoms with Crippen LogP contribution in [0.5, 0.6) is 0 Å². The van der Waals surface area contributed by atoms with Crippen LogP contribution >= 0.6 is 0 Å². The van der Waals surface area contributed by atoms with Crippen molar-refractivity contribution in [2.24, 2.45) is 0 Å². The van der Waals surface area contributed by atoms with Gasteiger partial charge in [-0.1, -0.05) is 25.0 Å². The zero-order chi connectivity index (χ0) is 12.8. The minimum absolute atomic E-state index is 0.276. The molecule has 0 aromatic carbocycles. The van der Waals surface area contributed by atoms with Gasteiger partial charge in [0.05, 0.1) is 0 Å². The largest absolute Gasteiger partial charge is 0.457 e. The smallest absolute Gasteiger partial charge is 0.331 e. The van der Waals surface area contributed by atoms with Crippen LogP contribution < -0.4 is 0 Å². The highest BCUT2D eigenvalue weighted by molar-refractivity contribution is 5.82. The Kier molecular flexibility index (Phi) is 6.09. The molecule has 0 fully saturated rings. The summed E-state index contributed by atoms with van der Waals surface area (Å²) in [5.41, 5.74) is 2.05. The van der Waals surface area contributed by atoms with E-state index >= 15 is 0 Å². The topological polar surface area (TPSA) is 26.3 Å². The predicted molar refractivity (Wildman–Crippen MR) is 68.3 cm³/mol. The van der Waals surface area contributed by atoms with Gasteiger partial charge in [-0.15, -0.1) is 0 Å². The Hall–Kier alpha value is -1.05. The Bertz CT molecular complexity index is 286. The molecule has 0 atom stereocenters. The van der Waals surface area contributed by atoms with Crippen molar-refractivity contribution in [2.75, 3.05) is 0 Å². The van der Waals surface area contributed by atoms with E-state index in [0.29, 0.717) is 0 Å². The third-order valence-electron chi connectivity index (χ3n) is 1.99. The van der Waals surface area contributed by atoms with Gasteiger partial charge in [0.15, 0.2) is 0 Å². The number of carbonyl (C=O) groups is 1. The number of hydrogen-bond donors (Lipinski definition) is 0. The second-order valence-electron chi connectivity index (χ2n) is 5.14. The number of esters is 1. The number of hydrogen-bond acceptors (Lipinski definition) is 2. The first kappa shape index (κ1) is 14.9. The minimum atomic E-state index is -0.419. The fourth-order valence-corrected chi connectivity index (χ4v) is 1.27. The molecule has 0 unspecified atom stereocenters. The summed E-state index contributed by atoms with van der Waals surface area (Å²) in [6.07, 6.45) is 5.47. The first-order valence-corrected chi connectivity index (χ1v) is 5.83. The van der Waals surface area contributed by atoms with Gasteiger partial charge >= 0.3 is 5.97 Å². The van der Waals surface area contributed by atoms with E-state index in [1.807, 2.05) is 26.8 Å². The molecule has 0 aliphatic rings. The van der Waals surface area contributed by atoms with Crippen LogP contribution in [0.25, 0.3) is 0 Å². The van der Waals surface area contributed by atoms with Crippen LogP contribution in [0.4, 0.5) is 0 Å². The van der Waals surface area contributed by atoms with E-state index in [1.54, 1.807) is 0 Å². The molecule has 92 valence electrons. The van der Waals surface area contributed by atoms with Crippen molar-refractivity contribution in [3.8, 4) is 0 Å². The molecule has 0 aromatic rings. The van der Waals surface area contributed by atoms with Crippen molar-refractivity contribution in [3.63, 3.8) is 0 Å². The lowest BCUT2D eigenvalue weighted by molar-refractivity contribution is -0.148. The van der Waals surface area contributed by atoms with Crippen LogP contribution in [-0.4, -0.2) is 11.6 Å². The maximum absolute atomic E-state index is 11.5. The molecule has 0 aliphatic carbocycles. The molecule has 0 spiro atoms. The summed E-state index contributed by atoms with van der Waals surface area (Å²) in [5.74, 6) is -0.276. The zero-order valence-corrected chi connectivity index (χ0v) is 11.4. The molecule has 0 saturated heterocycles. The number of ether oxygens (including phenoxy) is 1. The minimum Gasteiger partial charge on any atom is -0.457 e. The first-order valence-electron chi connectivity index (χ1n) is 5.83. The molecule has 2 nitrogen and oxygen atoms in total. The van der Waals surface area contributed by atoms with Gasteiger partial charge in [0.2, 0.25) is 0 Å². The average molecular weight is 224 g/mol. The van der Waals surface area contributed by atoms with Gasteiger partial charge in [-0.05, 0) is 46.6 Å². The van der Waals surface area contributed by atoms with Gasteiger partial charge in [-0.2, -0.15) is 0 Å². The van der Waals surface area contributed by atoms with Crippen molar-refractivity contribution < 1.29 is 9.53 Å². The van der Waals surface area contributed by atoms with Gasteiger partial charge in [0.1, 0.15) is 5.60 Å². The Labute approximate surface area is 99.4 Å². The molecule has 0 rings (SSSR count). The Morgan fingerprint density at radius 2 is 1.75 bits per heavy atom. The van der Waals surface area contributed by atoms with E-state index in [1.165, 1.54) is 17.2 Å². The van der Waals surface area contributed by atoms with Crippen LogP contribution in [0.3, 0.4) is 0 Å². The van der Waals surface area contributed by atoms with Crippen molar-refractivity contribution in [3.05, 3.63) is 23.3 Å². The number of carbonyl (C=O) groups excluding carboxylic acids is 1. The first-order chi connectivity index (χ1) is 7.26. The van der Waals surface area contributed by atoms with Crippen molar-refractivity contribution in [2.45, 2.75) is 60.0 Å². The highest BCUT2D eigenvalue weighted by atomic mass is 16.6. The lowest BCUT2D eigenvalue weighted by Gasteiger charge is -2.18. The van der Waals surface area contributed by atoms with Crippen LogP contribution in [0.15, 0.2) is 23.3 Å². The number of allylic oxidation sites excluding steroid dienone is 3. The molecule has 0 N–H and O–H groups in total. The summed E-state index contributed by atoms with van der Waals surface area (Å²) < 4.78 is 5.20. The number of rotatable bonds is 4. The van der Waals surface area contributed by atoms with E-state index < -0.39 is 5.60 Å². The van der Waals surface area contributed by atoms with E-state index in [-0.39, 0.29) is 5.97 Å². The zero-order valence-electron chi connectivity index (χ0n) is 11.4. The molecule has 0 radical (unpaired) electrons. The summed E-state index contributed by atoms with van der Waals surface area (Å²) in [4.78, 5) is 11.5. The molecule has 0 aromatic heterocycles. The molecular formula is C14H24O2. The molecule has 2 heteroatoms. The normalized spacial score (nSPS) is 11.6.